The third kappa shape index (κ3) is 2.63. The van der Waals surface area contributed by atoms with E-state index in [9.17, 15) is 4.79 Å². The lowest BCUT2D eigenvalue weighted by atomic mass is 9.85. The molecule has 110 valence electrons. The molecule has 2 aliphatic rings. The van der Waals surface area contributed by atoms with Gasteiger partial charge in [-0.15, -0.1) is 11.3 Å². The first-order valence-electron chi connectivity index (χ1n) is 7.77. The Morgan fingerprint density at radius 2 is 2.30 bits per heavy atom. The zero-order chi connectivity index (χ0) is 14.1. The average Bonchev–Trinajstić information content (AvgIpc) is 2.95. The van der Waals surface area contributed by atoms with Gasteiger partial charge in [0.15, 0.2) is 0 Å². The van der Waals surface area contributed by atoms with Gasteiger partial charge in [0, 0.05) is 24.0 Å². The number of rotatable bonds is 2. The molecule has 2 heterocycles. The molecule has 3 rings (SSSR count). The summed E-state index contributed by atoms with van der Waals surface area (Å²) in [4.78, 5) is 16.4. The summed E-state index contributed by atoms with van der Waals surface area (Å²) in [5.41, 5.74) is 7.33. The molecule has 0 spiro atoms. The summed E-state index contributed by atoms with van der Waals surface area (Å²) in [6.45, 7) is 3.83. The highest BCUT2D eigenvalue weighted by molar-refractivity contribution is 7.10. The van der Waals surface area contributed by atoms with E-state index in [2.05, 4.69) is 23.3 Å². The number of piperidine rings is 1. The van der Waals surface area contributed by atoms with Crippen LogP contribution in [0.5, 0.6) is 0 Å². The van der Waals surface area contributed by atoms with Crippen molar-refractivity contribution in [3.63, 3.8) is 0 Å². The second kappa shape index (κ2) is 5.86. The first kappa shape index (κ1) is 14.1. The number of nitrogens with zero attached hydrogens (tertiary/aromatic N) is 1. The summed E-state index contributed by atoms with van der Waals surface area (Å²) in [5.74, 6) is 0.921. The van der Waals surface area contributed by atoms with E-state index in [-0.39, 0.29) is 12.0 Å². The first-order valence-corrected chi connectivity index (χ1v) is 8.65. The van der Waals surface area contributed by atoms with E-state index in [1.807, 2.05) is 11.3 Å². The zero-order valence-electron chi connectivity index (χ0n) is 12.2. The number of carbonyl (C=O) groups excluding carboxylic acids is 1. The van der Waals surface area contributed by atoms with E-state index < -0.39 is 0 Å². The van der Waals surface area contributed by atoms with Gasteiger partial charge >= 0.3 is 0 Å². The molecule has 1 aliphatic carbocycles. The number of hydrogen-bond acceptors (Lipinski definition) is 3. The minimum atomic E-state index is 0.108. The Bertz CT molecular complexity index is 483. The number of fused-ring (bicyclic) bond motifs is 1. The fourth-order valence-electron chi connectivity index (χ4n) is 3.60. The van der Waals surface area contributed by atoms with E-state index in [1.165, 1.54) is 10.4 Å². The SMILES string of the molecule is CC(N)C1CCCN(C(=O)C2CCCc3sccc32)C1. The Kier molecular flexibility index (Phi) is 4.13. The van der Waals surface area contributed by atoms with Crippen LogP contribution >= 0.6 is 11.3 Å². The van der Waals surface area contributed by atoms with Crippen molar-refractivity contribution in [1.29, 1.82) is 0 Å². The standard InChI is InChI=1S/C16H24N2OS/c1-11(17)12-4-3-8-18(10-12)16(19)14-5-2-6-15-13(14)7-9-20-15/h7,9,11-12,14H,2-6,8,10,17H2,1H3. The molecule has 1 aliphatic heterocycles. The summed E-state index contributed by atoms with van der Waals surface area (Å²) < 4.78 is 0. The number of aryl methyl sites for hydroxylation is 1. The van der Waals surface area contributed by atoms with Gasteiger partial charge in [-0.3, -0.25) is 4.79 Å². The third-order valence-corrected chi connectivity index (χ3v) is 5.86. The molecule has 3 atom stereocenters. The number of nitrogens with two attached hydrogens (primary N) is 1. The number of likely N-dealkylation sites (tertiary alicyclic amines) is 1. The van der Waals surface area contributed by atoms with Crippen molar-refractivity contribution in [2.45, 2.75) is 51.0 Å². The van der Waals surface area contributed by atoms with E-state index in [4.69, 9.17) is 5.73 Å². The second-order valence-corrected chi connectivity index (χ2v) is 7.29. The molecule has 1 aromatic rings. The van der Waals surface area contributed by atoms with Crippen LogP contribution in [0.2, 0.25) is 0 Å². The van der Waals surface area contributed by atoms with Crippen LogP contribution in [0.4, 0.5) is 0 Å². The lowest BCUT2D eigenvalue weighted by Crippen LogP contribution is -2.46. The molecule has 0 radical (unpaired) electrons. The quantitative estimate of drug-likeness (QED) is 0.911. The molecule has 1 aromatic heterocycles. The van der Waals surface area contributed by atoms with Crippen LogP contribution in [-0.2, 0) is 11.2 Å². The molecule has 0 saturated carbocycles. The average molecular weight is 292 g/mol. The predicted octanol–water partition coefficient (Wildman–Crippen LogP) is 2.75. The van der Waals surface area contributed by atoms with Crippen LogP contribution < -0.4 is 5.73 Å². The highest BCUT2D eigenvalue weighted by Gasteiger charge is 2.33. The van der Waals surface area contributed by atoms with E-state index >= 15 is 0 Å². The minimum Gasteiger partial charge on any atom is -0.342 e. The molecule has 1 fully saturated rings. The van der Waals surface area contributed by atoms with Crippen molar-refractivity contribution < 1.29 is 4.79 Å². The van der Waals surface area contributed by atoms with Crippen molar-refractivity contribution in [2.24, 2.45) is 11.7 Å². The monoisotopic (exact) mass is 292 g/mol. The van der Waals surface area contributed by atoms with Gasteiger partial charge in [-0.05, 0) is 62.0 Å². The van der Waals surface area contributed by atoms with Gasteiger partial charge < -0.3 is 10.6 Å². The van der Waals surface area contributed by atoms with Gasteiger partial charge in [0.2, 0.25) is 5.91 Å². The Hall–Kier alpha value is -0.870. The molecule has 1 amide bonds. The molecule has 4 heteroatoms. The molecule has 2 N–H and O–H groups in total. The molecule has 1 saturated heterocycles. The van der Waals surface area contributed by atoms with Gasteiger partial charge in [-0.25, -0.2) is 0 Å². The first-order chi connectivity index (χ1) is 9.66. The zero-order valence-corrected chi connectivity index (χ0v) is 13.0. The lowest BCUT2D eigenvalue weighted by molar-refractivity contribution is -0.135. The highest BCUT2D eigenvalue weighted by Crippen LogP contribution is 2.36. The van der Waals surface area contributed by atoms with Gasteiger partial charge in [0.1, 0.15) is 0 Å². The van der Waals surface area contributed by atoms with Crippen molar-refractivity contribution in [2.75, 3.05) is 13.1 Å². The molecule has 0 bridgehead atoms. The summed E-state index contributed by atoms with van der Waals surface area (Å²) in [7, 11) is 0. The van der Waals surface area contributed by atoms with Crippen molar-refractivity contribution in [3.05, 3.63) is 21.9 Å². The van der Waals surface area contributed by atoms with Crippen molar-refractivity contribution >= 4 is 17.2 Å². The van der Waals surface area contributed by atoms with Gasteiger partial charge in [-0.1, -0.05) is 0 Å². The number of thiophene rings is 1. The fourth-order valence-corrected chi connectivity index (χ4v) is 4.59. The molecule has 0 aromatic carbocycles. The molecular formula is C16H24N2OS. The van der Waals surface area contributed by atoms with Crippen LogP contribution in [0, 0.1) is 5.92 Å². The topological polar surface area (TPSA) is 46.3 Å². The predicted molar refractivity (Wildman–Crippen MR) is 83.0 cm³/mol. The Morgan fingerprint density at radius 3 is 3.10 bits per heavy atom. The third-order valence-electron chi connectivity index (χ3n) is 4.86. The maximum absolute atomic E-state index is 12.9. The summed E-state index contributed by atoms with van der Waals surface area (Å²) in [5, 5.41) is 2.14. The van der Waals surface area contributed by atoms with E-state index in [0.717, 1.165) is 45.2 Å². The summed E-state index contributed by atoms with van der Waals surface area (Å²) in [6.07, 6.45) is 5.58. The van der Waals surface area contributed by atoms with Gasteiger partial charge in [0.25, 0.3) is 0 Å². The second-order valence-electron chi connectivity index (χ2n) is 6.29. The normalized spacial score (nSPS) is 28.0. The summed E-state index contributed by atoms with van der Waals surface area (Å²) >= 11 is 1.81. The van der Waals surface area contributed by atoms with E-state index in [1.54, 1.807) is 0 Å². The van der Waals surface area contributed by atoms with E-state index in [0.29, 0.717) is 11.8 Å². The molecule has 20 heavy (non-hydrogen) atoms. The number of hydrogen-bond donors (Lipinski definition) is 1. The Morgan fingerprint density at radius 1 is 1.45 bits per heavy atom. The van der Waals surface area contributed by atoms with Gasteiger partial charge in [-0.2, -0.15) is 0 Å². The van der Waals surface area contributed by atoms with Crippen LogP contribution in [-0.4, -0.2) is 29.9 Å². The molecular weight excluding hydrogens is 268 g/mol. The molecule has 3 nitrogen and oxygen atoms in total. The molecule has 3 unspecified atom stereocenters. The minimum absolute atomic E-state index is 0.108. The van der Waals surface area contributed by atoms with Gasteiger partial charge in [0.05, 0.1) is 5.92 Å². The highest BCUT2D eigenvalue weighted by atomic mass is 32.1. The Labute approximate surface area is 125 Å². The maximum Gasteiger partial charge on any atom is 0.230 e. The fraction of sp³-hybridized carbons (Fsp3) is 0.688. The van der Waals surface area contributed by atoms with Crippen LogP contribution in [0.1, 0.15) is 49.0 Å². The lowest BCUT2D eigenvalue weighted by Gasteiger charge is -2.37. The van der Waals surface area contributed by atoms with Crippen LogP contribution in [0.3, 0.4) is 0 Å². The Balaban J connectivity index is 1.74. The summed E-state index contributed by atoms with van der Waals surface area (Å²) in [6, 6.07) is 2.35. The van der Waals surface area contributed by atoms with Crippen molar-refractivity contribution in [3.8, 4) is 0 Å². The smallest absolute Gasteiger partial charge is 0.230 e. The van der Waals surface area contributed by atoms with Crippen LogP contribution in [0.15, 0.2) is 11.4 Å². The van der Waals surface area contributed by atoms with Crippen molar-refractivity contribution in [1.82, 2.24) is 4.90 Å². The van der Waals surface area contributed by atoms with Crippen LogP contribution in [0.25, 0.3) is 0 Å². The number of carbonyl (C=O) groups is 1. The maximum atomic E-state index is 12.9. The number of amides is 1. The largest absolute Gasteiger partial charge is 0.342 e.